The van der Waals surface area contributed by atoms with Crippen LogP contribution in [0.4, 0.5) is 10.1 Å². The van der Waals surface area contributed by atoms with Crippen LogP contribution in [-0.2, 0) is 24.8 Å². The van der Waals surface area contributed by atoms with E-state index in [1.165, 1.54) is 12.1 Å². The van der Waals surface area contributed by atoms with Gasteiger partial charge in [0.2, 0.25) is 5.91 Å². The average molecular weight is 379 g/mol. The Morgan fingerprint density at radius 3 is 2.79 bits per heavy atom. The Bertz CT molecular complexity index is 1140. The molecule has 0 fully saturated rings. The van der Waals surface area contributed by atoms with Gasteiger partial charge in [-0.2, -0.15) is 0 Å². The molecule has 0 saturated heterocycles. The Morgan fingerprint density at radius 2 is 2.00 bits per heavy atom. The van der Waals surface area contributed by atoms with Crippen molar-refractivity contribution in [2.24, 2.45) is 7.05 Å². The monoisotopic (exact) mass is 379 g/mol. The van der Waals surface area contributed by atoms with Crippen molar-refractivity contribution in [3.8, 4) is 0 Å². The maximum Gasteiger partial charge on any atom is 0.238 e. The molecule has 0 atom stereocenters. The summed E-state index contributed by atoms with van der Waals surface area (Å²) < 4.78 is 15.8. The van der Waals surface area contributed by atoms with E-state index in [-0.39, 0.29) is 23.6 Å². The van der Waals surface area contributed by atoms with Crippen molar-refractivity contribution in [2.75, 3.05) is 18.4 Å². The van der Waals surface area contributed by atoms with E-state index >= 15 is 0 Å². The zero-order valence-electron chi connectivity index (χ0n) is 16.0. The number of aryl methyl sites for hydroxylation is 2. The predicted molar refractivity (Wildman–Crippen MR) is 108 cm³/mol. The molecule has 6 heteroatoms. The van der Waals surface area contributed by atoms with E-state index < -0.39 is 5.82 Å². The summed E-state index contributed by atoms with van der Waals surface area (Å²) in [5, 5.41) is 3.31. The maximum atomic E-state index is 13.7. The smallest absolute Gasteiger partial charge is 0.238 e. The summed E-state index contributed by atoms with van der Waals surface area (Å²) in [5.74, 6) is -0.752. The lowest BCUT2D eigenvalue weighted by Gasteiger charge is -2.29. The third-order valence-corrected chi connectivity index (χ3v) is 5.35. The zero-order chi connectivity index (χ0) is 19.8. The molecule has 4 rings (SSSR count). The first-order valence-electron chi connectivity index (χ1n) is 9.32. The van der Waals surface area contributed by atoms with Gasteiger partial charge >= 0.3 is 0 Å². The SMILES string of the molecule is Cc1ccc2c(c1)c(=O)c1c(n2C)CCN(CC(=O)Nc2ccccc2F)C1. The lowest BCUT2D eigenvalue weighted by atomic mass is 10.0. The standard InChI is InChI=1S/C22H22FN3O2/c1-14-7-8-19-15(11-14)22(28)16-12-26(10-9-20(16)25(19)2)13-21(27)24-18-6-4-3-5-17(18)23/h3-8,11H,9-10,12-13H2,1-2H3,(H,24,27). The van der Waals surface area contributed by atoms with Crippen molar-refractivity contribution in [3.63, 3.8) is 0 Å². The number of fused-ring (bicyclic) bond motifs is 2. The van der Waals surface area contributed by atoms with E-state index in [0.717, 1.165) is 22.3 Å². The largest absolute Gasteiger partial charge is 0.347 e. The van der Waals surface area contributed by atoms with Crippen molar-refractivity contribution in [3.05, 3.63) is 75.3 Å². The highest BCUT2D eigenvalue weighted by Crippen LogP contribution is 2.22. The number of carbonyl (C=O) groups is 1. The summed E-state index contributed by atoms with van der Waals surface area (Å²) in [4.78, 5) is 27.3. The molecule has 0 aliphatic carbocycles. The summed E-state index contributed by atoms with van der Waals surface area (Å²) in [6.07, 6.45) is 0.692. The van der Waals surface area contributed by atoms with Crippen LogP contribution in [0.2, 0.25) is 0 Å². The molecule has 0 unspecified atom stereocenters. The lowest BCUT2D eigenvalue weighted by Crippen LogP contribution is -2.40. The van der Waals surface area contributed by atoms with Gasteiger partial charge in [-0.05, 0) is 31.2 Å². The number of benzene rings is 2. The molecular weight excluding hydrogens is 357 g/mol. The van der Waals surface area contributed by atoms with E-state index in [0.29, 0.717) is 24.9 Å². The van der Waals surface area contributed by atoms with E-state index in [2.05, 4.69) is 9.88 Å². The molecule has 0 bridgehead atoms. The minimum absolute atomic E-state index is 0.0333. The minimum Gasteiger partial charge on any atom is -0.347 e. The van der Waals surface area contributed by atoms with Crippen LogP contribution in [0.5, 0.6) is 0 Å². The van der Waals surface area contributed by atoms with E-state index in [4.69, 9.17) is 0 Å². The molecule has 2 aromatic carbocycles. The normalized spacial score (nSPS) is 14.1. The summed E-state index contributed by atoms with van der Waals surface area (Å²) in [7, 11) is 1.98. The third kappa shape index (κ3) is 3.31. The minimum atomic E-state index is -0.462. The van der Waals surface area contributed by atoms with Gasteiger partial charge in [0, 0.05) is 43.2 Å². The molecule has 5 nitrogen and oxygen atoms in total. The summed E-state index contributed by atoms with van der Waals surface area (Å²) in [6, 6.07) is 12.0. The first kappa shape index (κ1) is 18.4. The molecule has 144 valence electrons. The van der Waals surface area contributed by atoms with Crippen LogP contribution < -0.4 is 10.7 Å². The number of hydrogen-bond donors (Lipinski definition) is 1. The number of amides is 1. The Hall–Kier alpha value is -2.99. The summed E-state index contributed by atoms with van der Waals surface area (Å²) in [5.41, 5.74) is 3.94. The Morgan fingerprint density at radius 1 is 1.21 bits per heavy atom. The Kier molecular flexibility index (Phi) is 4.73. The number of rotatable bonds is 3. The van der Waals surface area contributed by atoms with Gasteiger partial charge in [0.15, 0.2) is 5.43 Å². The van der Waals surface area contributed by atoms with Crippen LogP contribution in [-0.4, -0.2) is 28.5 Å². The highest BCUT2D eigenvalue weighted by atomic mass is 19.1. The number of carbonyl (C=O) groups excluding carboxylic acids is 1. The molecular formula is C22H22FN3O2. The van der Waals surface area contributed by atoms with Crippen molar-refractivity contribution in [2.45, 2.75) is 19.9 Å². The number of nitrogens with zero attached hydrogens (tertiary/aromatic N) is 2. The average Bonchev–Trinajstić information content (AvgIpc) is 2.68. The molecule has 0 spiro atoms. The van der Waals surface area contributed by atoms with Crippen LogP contribution in [0, 0.1) is 12.7 Å². The van der Waals surface area contributed by atoms with Crippen LogP contribution in [0.15, 0.2) is 47.3 Å². The summed E-state index contributed by atoms with van der Waals surface area (Å²) >= 11 is 0. The fourth-order valence-corrected chi connectivity index (χ4v) is 3.90. The van der Waals surface area contributed by atoms with E-state index in [1.807, 2.05) is 37.1 Å². The van der Waals surface area contributed by atoms with Crippen LogP contribution in [0.3, 0.4) is 0 Å². The van der Waals surface area contributed by atoms with Gasteiger partial charge in [0.25, 0.3) is 0 Å². The number of nitrogens with one attached hydrogen (secondary N) is 1. The molecule has 28 heavy (non-hydrogen) atoms. The maximum absolute atomic E-state index is 13.7. The summed E-state index contributed by atoms with van der Waals surface area (Å²) in [6.45, 7) is 3.17. The van der Waals surface area contributed by atoms with Crippen LogP contribution in [0.1, 0.15) is 16.8 Å². The fraction of sp³-hybridized carbons (Fsp3) is 0.273. The van der Waals surface area contributed by atoms with E-state index in [9.17, 15) is 14.0 Å². The van der Waals surface area contributed by atoms with E-state index in [1.54, 1.807) is 12.1 Å². The Balaban J connectivity index is 1.58. The van der Waals surface area contributed by atoms with Crippen molar-refractivity contribution in [1.29, 1.82) is 0 Å². The number of halogens is 1. The molecule has 1 N–H and O–H groups in total. The van der Waals surface area contributed by atoms with Gasteiger partial charge in [-0.25, -0.2) is 4.39 Å². The molecule has 1 aromatic heterocycles. The number of para-hydroxylation sites is 1. The molecule has 1 amide bonds. The molecule has 0 radical (unpaired) electrons. The van der Waals surface area contributed by atoms with Crippen molar-refractivity contribution in [1.82, 2.24) is 9.47 Å². The molecule has 1 aliphatic heterocycles. The van der Waals surface area contributed by atoms with Crippen LogP contribution >= 0.6 is 0 Å². The third-order valence-electron chi connectivity index (χ3n) is 5.35. The fourth-order valence-electron chi connectivity index (χ4n) is 3.90. The van der Waals surface area contributed by atoms with Crippen molar-refractivity contribution < 1.29 is 9.18 Å². The predicted octanol–water partition coefficient (Wildman–Crippen LogP) is 2.98. The number of aromatic nitrogens is 1. The van der Waals surface area contributed by atoms with Gasteiger partial charge in [0.05, 0.1) is 17.7 Å². The quantitative estimate of drug-likeness (QED) is 0.761. The topological polar surface area (TPSA) is 54.3 Å². The number of hydrogen-bond acceptors (Lipinski definition) is 3. The second kappa shape index (κ2) is 7.20. The second-order valence-corrected chi connectivity index (χ2v) is 7.32. The van der Waals surface area contributed by atoms with Gasteiger partial charge < -0.3 is 9.88 Å². The number of anilines is 1. The molecule has 0 saturated carbocycles. The first-order valence-corrected chi connectivity index (χ1v) is 9.32. The lowest BCUT2D eigenvalue weighted by molar-refractivity contribution is -0.117. The van der Waals surface area contributed by atoms with Crippen molar-refractivity contribution >= 4 is 22.5 Å². The molecule has 2 heterocycles. The highest BCUT2D eigenvalue weighted by molar-refractivity contribution is 5.92. The molecule has 3 aromatic rings. The highest BCUT2D eigenvalue weighted by Gasteiger charge is 2.24. The van der Waals surface area contributed by atoms with Crippen LogP contribution in [0.25, 0.3) is 10.9 Å². The Labute approximate surface area is 162 Å². The first-order chi connectivity index (χ1) is 13.4. The van der Waals surface area contributed by atoms with Gasteiger partial charge in [-0.15, -0.1) is 0 Å². The second-order valence-electron chi connectivity index (χ2n) is 7.32. The van der Waals surface area contributed by atoms with Gasteiger partial charge in [0.1, 0.15) is 5.82 Å². The zero-order valence-corrected chi connectivity index (χ0v) is 16.0. The molecule has 1 aliphatic rings. The van der Waals surface area contributed by atoms with Gasteiger partial charge in [-0.1, -0.05) is 23.8 Å². The number of pyridine rings is 1. The van der Waals surface area contributed by atoms with Gasteiger partial charge in [-0.3, -0.25) is 14.5 Å².